The van der Waals surface area contributed by atoms with Gasteiger partial charge in [0.25, 0.3) is 0 Å². The molecule has 0 bridgehead atoms. The Morgan fingerprint density at radius 2 is 2.08 bits per heavy atom. The van der Waals surface area contributed by atoms with Crippen LogP contribution in [0.1, 0.15) is 34.1 Å². The van der Waals surface area contributed by atoms with E-state index < -0.39 is 0 Å². The van der Waals surface area contributed by atoms with Crippen molar-refractivity contribution in [2.24, 2.45) is 0 Å². The molecule has 1 saturated heterocycles. The zero-order valence-electron chi connectivity index (χ0n) is 8.76. The van der Waals surface area contributed by atoms with Gasteiger partial charge in [0.1, 0.15) is 0 Å². The molecule has 0 aliphatic carbocycles. The van der Waals surface area contributed by atoms with Crippen LogP contribution in [0.4, 0.5) is 0 Å². The van der Waals surface area contributed by atoms with E-state index >= 15 is 0 Å². The van der Waals surface area contributed by atoms with Crippen LogP contribution in [0, 0.1) is 0 Å². The van der Waals surface area contributed by atoms with Crippen LogP contribution in [-0.4, -0.2) is 36.2 Å². The van der Waals surface area contributed by atoms with Crippen LogP contribution < -0.4 is 0 Å². The smallest absolute Gasteiger partial charge is 0.0700 e. The molecule has 0 aromatic rings. The van der Waals surface area contributed by atoms with Gasteiger partial charge in [-0.3, -0.25) is 4.90 Å². The third-order valence-electron chi connectivity index (χ3n) is 2.54. The molecule has 0 radical (unpaired) electrons. The van der Waals surface area contributed by atoms with Crippen molar-refractivity contribution in [3.8, 4) is 0 Å². The normalized spacial score (nSPS) is 27.5. The fourth-order valence-electron chi connectivity index (χ4n) is 1.58. The van der Waals surface area contributed by atoms with E-state index in [0.717, 1.165) is 26.1 Å². The molecule has 0 saturated carbocycles. The van der Waals surface area contributed by atoms with Gasteiger partial charge in [0.15, 0.2) is 0 Å². The summed E-state index contributed by atoms with van der Waals surface area (Å²) in [5.74, 6) is 0. The van der Waals surface area contributed by atoms with Gasteiger partial charge in [-0.05, 0) is 27.2 Å². The second kappa shape index (κ2) is 3.75. The molecule has 1 atom stereocenters. The molecule has 2 heteroatoms. The molecule has 1 heterocycles. The highest BCUT2D eigenvalue weighted by atomic mass is 16.5. The molecule has 0 spiro atoms. The maximum absolute atomic E-state index is 5.61. The molecular formula is C10H21NO. The van der Waals surface area contributed by atoms with Gasteiger partial charge in [-0.2, -0.15) is 0 Å². The minimum atomic E-state index is 0.303. The lowest BCUT2D eigenvalue weighted by molar-refractivity contribution is -0.0588. The average Bonchev–Trinajstić information content (AvgIpc) is 2.03. The zero-order valence-corrected chi connectivity index (χ0v) is 8.76. The van der Waals surface area contributed by atoms with Crippen LogP contribution in [0.5, 0.6) is 0 Å². The van der Waals surface area contributed by atoms with Gasteiger partial charge in [0.2, 0.25) is 0 Å². The van der Waals surface area contributed by atoms with Crippen LogP contribution in [0.2, 0.25) is 0 Å². The van der Waals surface area contributed by atoms with E-state index in [1.807, 2.05) is 0 Å². The van der Waals surface area contributed by atoms with Gasteiger partial charge in [-0.25, -0.2) is 0 Å². The first kappa shape index (κ1) is 10.0. The number of hydrogen-bond donors (Lipinski definition) is 0. The van der Waals surface area contributed by atoms with E-state index in [4.69, 9.17) is 4.74 Å². The number of ether oxygens (including phenoxy) is 1. The van der Waals surface area contributed by atoms with Crippen molar-refractivity contribution in [2.75, 3.05) is 19.7 Å². The van der Waals surface area contributed by atoms with Gasteiger partial charge in [0, 0.05) is 18.6 Å². The fraction of sp³-hybridized carbons (Fsp3) is 1.00. The standard InChI is InChI=1S/C10H21NO/c1-5-9-8-11(6-7-12-9)10(2,3)4/h9H,5-8H2,1-4H3. The third-order valence-corrected chi connectivity index (χ3v) is 2.54. The van der Waals surface area contributed by atoms with E-state index in [9.17, 15) is 0 Å². The molecule has 1 unspecified atom stereocenters. The topological polar surface area (TPSA) is 12.5 Å². The summed E-state index contributed by atoms with van der Waals surface area (Å²) in [4.78, 5) is 2.50. The van der Waals surface area contributed by atoms with Crippen LogP contribution in [0.15, 0.2) is 0 Å². The number of rotatable bonds is 1. The molecule has 1 aliphatic rings. The largest absolute Gasteiger partial charge is 0.376 e. The fourth-order valence-corrected chi connectivity index (χ4v) is 1.58. The van der Waals surface area contributed by atoms with Gasteiger partial charge >= 0.3 is 0 Å². The highest BCUT2D eigenvalue weighted by Gasteiger charge is 2.27. The van der Waals surface area contributed by atoms with Gasteiger partial charge in [-0.15, -0.1) is 0 Å². The summed E-state index contributed by atoms with van der Waals surface area (Å²) in [5, 5.41) is 0. The van der Waals surface area contributed by atoms with Gasteiger partial charge in [0.05, 0.1) is 12.7 Å². The second-order valence-corrected chi connectivity index (χ2v) is 4.52. The summed E-state index contributed by atoms with van der Waals surface area (Å²) in [7, 11) is 0. The van der Waals surface area contributed by atoms with Crippen LogP contribution in [0.25, 0.3) is 0 Å². The maximum Gasteiger partial charge on any atom is 0.0700 e. The summed E-state index contributed by atoms with van der Waals surface area (Å²) in [6.07, 6.45) is 1.59. The lowest BCUT2D eigenvalue weighted by Gasteiger charge is -2.41. The second-order valence-electron chi connectivity index (χ2n) is 4.52. The van der Waals surface area contributed by atoms with E-state index in [1.165, 1.54) is 0 Å². The summed E-state index contributed by atoms with van der Waals surface area (Å²) < 4.78 is 5.61. The molecule has 1 aliphatic heterocycles. The summed E-state index contributed by atoms with van der Waals surface area (Å²) >= 11 is 0. The Balaban J connectivity index is 2.46. The Hall–Kier alpha value is -0.0800. The molecular weight excluding hydrogens is 150 g/mol. The molecule has 1 rings (SSSR count). The van der Waals surface area contributed by atoms with E-state index in [0.29, 0.717) is 11.6 Å². The predicted molar refractivity (Wildman–Crippen MR) is 51.4 cm³/mol. The van der Waals surface area contributed by atoms with E-state index in [2.05, 4.69) is 32.6 Å². The zero-order chi connectivity index (χ0) is 9.19. The molecule has 0 N–H and O–H groups in total. The Morgan fingerprint density at radius 1 is 1.42 bits per heavy atom. The SMILES string of the molecule is CCC1CN(C(C)(C)C)CCO1. The van der Waals surface area contributed by atoms with Crippen molar-refractivity contribution >= 4 is 0 Å². The average molecular weight is 171 g/mol. The van der Waals surface area contributed by atoms with Crippen LogP contribution in [0.3, 0.4) is 0 Å². The van der Waals surface area contributed by atoms with Gasteiger partial charge in [-0.1, -0.05) is 6.92 Å². The molecule has 1 fully saturated rings. The molecule has 0 amide bonds. The quantitative estimate of drug-likeness (QED) is 0.597. The van der Waals surface area contributed by atoms with E-state index in [-0.39, 0.29) is 0 Å². The highest BCUT2D eigenvalue weighted by molar-refractivity contribution is 4.81. The lowest BCUT2D eigenvalue weighted by Crippen LogP contribution is -2.51. The Kier molecular flexibility index (Phi) is 3.13. The number of morpholine rings is 1. The van der Waals surface area contributed by atoms with Crippen molar-refractivity contribution in [1.82, 2.24) is 4.90 Å². The molecule has 2 nitrogen and oxygen atoms in total. The third kappa shape index (κ3) is 2.46. The van der Waals surface area contributed by atoms with Crippen molar-refractivity contribution < 1.29 is 4.74 Å². The van der Waals surface area contributed by atoms with Crippen LogP contribution in [-0.2, 0) is 4.74 Å². The van der Waals surface area contributed by atoms with Crippen LogP contribution >= 0.6 is 0 Å². The predicted octanol–water partition coefficient (Wildman–Crippen LogP) is 1.90. The molecule has 0 aromatic heterocycles. The van der Waals surface area contributed by atoms with Crippen molar-refractivity contribution in [1.29, 1.82) is 0 Å². The lowest BCUT2D eigenvalue weighted by atomic mass is 10.0. The first-order valence-corrected chi connectivity index (χ1v) is 4.90. The summed E-state index contributed by atoms with van der Waals surface area (Å²) in [5.41, 5.74) is 0.303. The minimum Gasteiger partial charge on any atom is -0.376 e. The first-order valence-electron chi connectivity index (χ1n) is 4.90. The Morgan fingerprint density at radius 3 is 2.58 bits per heavy atom. The molecule has 0 aromatic carbocycles. The van der Waals surface area contributed by atoms with Gasteiger partial charge < -0.3 is 4.74 Å². The van der Waals surface area contributed by atoms with Crippen molar-refractivity contribution in [3.63, 3.8) is 0 Å². The monoisotopic (exact) mass is 171 g/mol. The van der Waals surface area contributed by atoms with Crippen molar-refractivity contribution in [3.05, 3.63) is 0 Å². The Bertz CT molecular complexity index is 139. The number of nitrogens with zero attached hydrogens (tertiary/aromatic N) is 1. The summed E-state index contributed by atoms with van der Waals surface area (Å²) in [6, 6.07) is 0. The summed E-state index contributed by atoms with van der Waals surface area (Å²) in [6.45, 7) is 12.1. The van der Waals surface area contributed by atoms with E-state index in [1.54, 1.807) is 0 Å². The first-order chi connectivity index (χ1) is 5.54. The molecule has 12 heavy (non-hydrogen) atoms. The van der Waals surface area contributed by atoms with Crippen molar-refractivity contribution in [2.45, 2.75) is 45.8 Å². The number of hydrogen-bond acceptors (Lipinski definition) is 2. The minimum absolute atomic E-state index is 0.303. The molecule has 72 valence electrons. The Labute approximate surface area is 75.9 Å². The maximum atomic E-state index is 5.61. The highest BCUT2D eigenvalue weighted by Crippen LogP contribution is 2.18.